The zero-order valence-corrected chi connectivity index (χ0v) is 17.5. The number of carbonyl (C=O) groups is 1. The van der Waals surface area contributed by atoms with Gasteiger partial charge in [-0.2, -0.15) is 0 Å². The number of aromatic nitrogens is 1. The van der Waals surface area contributed by atoms with Crippen molar-refractivity contribution in [3.05, 3.63) is 47.7 Å². The molecule has 160 valence electrons. The van der Waals surface area contributed by atoms with Crippen LogP contribution in [0.4, 0.5) is 19.4 Å². The van der Waals surface area contributed by atoms with E-state index in [4.69, 9.17) is 20.6 Å². The number of amides is 1. The van der Waals surface area contributed by atoms with Crippen molar-refractivity contribution in [2.24, 2.45) is 5.73 Å². The van der Waals surface area contributed by atoms with E-state index in [9.17, 15) is 13.6 Å². The average Bonchev–Trinajstić information content (AvgIpc) is 2.62. The molecule has 13 heteroatoms. The predicted octanol–water partition coefficient (Wildman–Crippen LogP) is -1.14. The third kappa shape index (κ3) is 5.75. The summed E-state index contributed by atoms with van der Waals surface area (Å²) in [6.07, 6.45) is 0.440. The van der Waals surface area contributed by atoms with Gasteiger partial charge in [-0.15, -0.1) is 0 Å². The molecule has 1 fully saturated rings. The number of guanidine groups is 1. The van der Waals surface area contributed by atoms with Crippen molar-refractivity contribution in [3.63, 3.8) is 0 Å². The maximum Gasteiger partial charge on any atom is 0.414 e. The number of halogens is 2. The van der Waals surface area contributed by atoms with Gasteiger partial charge >= 0.3 is 6.09 Å². The molecule has 0 unspecified atom stereocenters. The molecule has 0 aliphatic carbocycles. The van der Waals surface area contributed by atoms with Gasteiger partial charge in [0.1, 0.15) is 36.0 Å². The number of alkyl carbamates (subject to hydrolysis) is 1. The number of hydrogen-bond acceptors (Lipinski definition) is 6. The van der Waals surface area contributed by atoms with Crippen LogP contribution in [0.1, 0.15) is 5.56 Å². The van der Waals surface area contributed by atoms with Crippen LogP contribution in [0.15, 0.2) is 30.5 Å². The maximum absolute atomic E-state index is 14.9. The molecular formula is C18H22B3F2N5O3. The van der Waals surface area contributed by atoms with E-state index < -0.39 is 23.7 Å². The SMILES string of the molecule is BC(B)(B)OC1CN(c2ncc(-c3cccc(COC(=O)NC(=N)N)c3F)cc2F)C1. The fraction of sp³-hybridized carbons (Fsp3) is 0.278. The lowest BCUT2D eigenvalue weighted by Gasteiger charge is -2.43. The molecule has 2 aromatic rings. The van der Waals surface area contributed by atoms with Crippen molar-refractivity contribution in [3.8, 4) is 11.1 Å². The molecule has 0 atom stereocenters. The van der Waals surface area contributed by atoms with E-state index in [1.54, 1.807) is 11.0 Å². The van der Waals surface area contributed by atoms with Crippen LogP contribution in [-0.2, 0) is 16.1 Å². The number of benzene rings is 1. The van der Waals surface area contributed by atoms with Gasteiger partial charge in [0, 0.05) is 36.0 Å². The second-order valence-corrected chi connectivity index (χ2v) is 8.18. The molecule has 3 rings (SSSR count). The molecule has 1 amide bonds. The number of nitrogens with one attached hydrogen (secondary N) is 2. The second-order valence-electron chi connectivity index (χ2n) is 8.18. The van der Waals surface area contributed by atoms with E-state index in [0.717, 1.165) is 0 Å². The third-order valence-electron chi connectivity index (χ3n) is 4.47. The van der Waals surface area contributed by atoms with E-state index in [1.165, 1.54) is 24.4 Å². The predicted molar refractivity (Wildman–Crippen MR) is 120 cm³/mol. The smallest absolute Gasteiger partial charge is 0.414 e. The summed E-state index contributed by atoms with van der Waals surface area (Å²) >= 11 is 0. The zero-order valence-electron chi connectivity index (χ0n) is 17.5. The Balaban J connectivity index is 1.70. The van der Waals surface area contributed by atoms with Crippen molar-refractivity contribution in [1.82, 2.24) is 10.3 Å². The Bertz CT molecular complexity index is 1000. The second kappa shape index (κ2) is 8.97. The number of pyridine rings is 1. The molecular weight excluding hydrogens is 405 g/mol. The average molecular weight is 427 g/mol. The normalized spacial score (nSPS) is 14.1. The van der Waals surface area contributed by atoms with Gasteiger partial charge in [-0.3, -0.25) is 10.7 Å². The van der Waals surface area contributed by atoms with Gasteiger partial charge in [0.05, 0.1) is 6.10 Å². The van der Waals surface area contributed by atoms with Gasteiger partial charge in [-0.05, 0) is 11.4 Å². The van der Waals surface area contributed by atoms with Crippen molar-refractivity contribution in [1.29, 1.82) is 5.41 Å². The quantitative estimate of drug-likeness (QED) is 0.306. The lowest BCUT2D eigenvalue weighted by atomic mass is 9.52. The number of rotatable bonds is 6. The first-order chi connectivity index (χ1) is 14.5. The molecule has 0 spiro atoms. The minimum atomic E-state index is -0.974. The Morgan fingerprint density at radius 2 is 2.06 bits per heavy atom. The summed E-state index contributed by atoms with van der Waals surface area (Å²) in [5, 5.41) is 8.63. The minimum Gasteiger partial charge on any atom is -0.444 e. The highest BCUT2D eigenvalue weighted by molar-refractivity contribution is 6.58. The molecule has 1 aliphatic rings. The van der Waals surface area contributed by atoms with Gasteiger partial charge in [0.2, 0.25) is 0 Å². The summed E-state index contributed by atoms with van der Waals surface area (Å²) in [5.41, 5.74) is 5.51. The van der Waals surface area contributed by atoms with Crippen molar-refractivity contribution < 1.29 is 23.0 Å². The van der Waals surface area contributed by atoms with Crippen LogP contribution < -0.4 is 16.0 Å². The molecule has 0 bridgehead atoms. The Kier molecular flexibility index (Phi) is 6.54. The topological polar surface area (TPSA) is 114 Å². The highest BCUT2D eigenvalue weighted by Gasteiger charge is 2.33. The standard InChI is InChI=1S/C18H22B3F2N5O3/c19-18(20,21)31-11-6-28(7-11)15-13(22)4-10(5-26-15)12-3-1-2-9(14(12)23)8-30-17(29)27-16(24)25/h1-5,11H,6-8,19-21H2,(H4,24,25,27,29). The fourth-order valence-corrected chi connectivity index (χ4v) is 3.20. The van der Waals surface area contributed by atoms with Crippen LogP contribution in [0, 0.1) is 17.0 Å². The molecule has 1 aliphatic heterocycles. The van der Waals surface area contributed by atoms with E-state index in [1.807, 2.05) is 28.9 Å². The van der Waals surface area contributed by atoms with Crippen LogP contribution in [-0.4, -0.2) is 65.1 Å². The summed E-state index contributed by atoms with van der Waals surface area (Å²) in [6.45, 7) is 0.684. The number of hydrogen-bond donors (Lipinski definition) is 3. The molecule has 4 N–H and O–H groups in total. The van der Waals surface area contributed by atoms with E-state index >= 15 is 0 Å². The van der Waals surface area contributed by atoms with Crippen LogP contribution >= 0.6 is 0 Å². The van der Waals surface area contributed by atoms with Gasteiger partial charge in [-0.1, -0.05) is 18.2 Å². The Morgan fingerprint density at radius 3 is 2.68 bits per heavy atom. The first-order valence-corrected chi connectivity index (χ1v) is 9.67. The van der Waals surface area contributed by atoms with E-state index in [-0.39, 0.29) is 40.5 Å². The lowest BCUT2D eigenvalue weighted by molar-refractivity contribution is 0.0273. The summed E-state index contributed by atoms with van der Waals surface area (Å²) in [6, 6.07) is 5.72. The van der Waals surface area contributed by atoms with Gasteiger partial charge < -0.3 is 20.1 Å². The molecule has 2 heterocycles. The molecule has 1 aromatic heterocycles. The highest BCUT2D eigenvalue weighted by atomic mass is 19.1. The number of nitrogens with zero attached hydrogens (tertiary/aromatic N) is 2. The van der Waals surface area contributed by atoms with Gasteiger partial charge in [0.15, 0.2) is 17.6 Å². The van der Waals surface area contributed by atoms with Crippen LogP contribution in [0.5, 0.6) is 0 Å². The zero-order chi connectivity index (χ0) is 22.8. The van der Waals surface area contributed by atoms with Crippen LogP contribution in [0.2, 0.25) is 0 Å². The highest BCUT2D eigenvalue weighted by Crippen LogP contribution is 2.30. The molecule has 0 radical (unpaired) electrons. The van der Waals surface area contributed by atoms with Crippen LogP contribution in [0.3, 0.4) is 0 Å². The number of nitrogens with two attached hydrogens (primary N) is 1. The third-order valence-corrected chi connectivity index (χ3v) is 4.47. The lowest BCUT2D eigenvalue weighted by Crippen LogP contribution is -2.57. The Morgan fingerprint density at radius 1 is 1.35 bits per heavy atom. The Hall–Kier alpha value is -3.08. The van der Waals surface area contributed by atoms with Crippen molar-refractivity contribution >= 4 is 41.4 Å². The van der Waals surface area contributed by atoms with E-state index in [0.29, 0.717) is 13.1 Å². The summed E-state index contributed by atoms with van der Waals surface area (Å²) in [4.78, 5) is 17.4. The summed E-state index contributed by atoms with van der Waals surface area (Å²) in [5.74, 6) is -1.61. The molecule has 0 saturated carbocycles. The number of carbonyl (C=O) groups excluding carboxylic acids is 1. The maximum atomic E-state index is 14.9. The summed E-state index contributed by atoms with van der Waals surface area (Å²) < 4.78 is 40.3. The molecule has 1 saturated heterocycles. The van der Waals surface area contributed by atoms with Gasteiger partial charge in [-0.25, -0.2) is 18.6 Å². The number of anilines is 1. The van der Waals surface area contributed by atoms with Crippen molar-refractivity contribution in [2.75, 3.05) is 18.0 Å². The van der Waals surface area contributed by atoms with Gasteiger partial charge in [0.25, 0.3) is 0 Å². The fourth-order valence-electron chi connectivity index (χ4n) is 3.20. The summed E-state index contributed by atoms with van der Waals surface area (Å²) in [7, 11) is 5.90. The van der Waals surface area contributed by atoms with Crippen molar-refractivity contribution in [2.45, 2.75) is 18.0 Å². The minimum absolute atomic E-state index is 0.00945. The molecule has 8 nitrogen and oxygen atoms in total. The molecule has 31 heavy (non-hydrogen) atoms. The monoisotopic (exact) mass is 427 g/mol. The molecule has 1 aromatic carbocycles. The van der Waals surface area contributed by atoms with Crippen LogP contribution in [0.25, 0.3) is 11.1 Å². The first kappa shape index (κ1) is 22.6. The first-order valence-electron chi connectivity index (χ1n) is 9.67. The number of ether oxygens (including phenoxy) is 2. The largest absolute Gasteiger partial charge is 0.444 e. The van der Waals surface area contributed by atoms with E-state index in [2.05, 4.69) is 4.98 Å². The Labute approximate surface area is 181 Å².